The summed E-state index contributed by atoms with van der Waals surface area (Å²) in [5.41, 5.74) is 5.99. The summed E-state index contributed by atoms with van der Waals surface area (Å²) < 4.78 is 7.09. The first kappa shape index (κ1) is 18.9. The quantitative estimate of drug-likeness (QED) is 0.674. The van der Waals surface area contributed by atoms with Gasteiger partial charge in [0.1, 0.15) is 0 Å². The lowest BCUT2D eigenvalue weighted by molar-refractivity contribution is -0.119. The van der Waals surface area contributed by atoms with Crippen molar-refractivity contribution >= 4 is 17.6 Å². The molecular weight excluding hydrogens is 366 g/mol. The van der Waals surface area contributed by atoms with Gasteiger partial charge in [0.05, 0.1) is 5.69 Å². The lowest BCUT2D eigenvalue weighted by Gasteiger charge is -2.10. The lowest BCUT2D eigenvalue weighted by atomic mass is 10.1. The Balaban J connectivity index is 1.47. The molecule has 3 aromatic rings. The van der Waals surface area contributed by atoms with E-state index >= 15 is 0 Å². The molecule has 4 rings (SSSR count). The third-order valence-corrected chi connectivity index (χ3v) is 5.34. The minimum atomic E-state index is -0.561. The van der Waals surface area contributed by atoms with E-state index in [9.17, 15) is 9.59 Å². The van der Waals surface area contributed by atoms with Crippen molar-refractivity contribution in [1.82, 2.24) is 9.78 Å². The summed E-state index contributed by atoms with van der Waals surface area (Å²) in [5.74, 6) is -0.930. The van der Waals surface area contributed by atoms with Gasteiger partial charge >= 0.3 is 5.97 Å². The number of carbonyl (C=O) groups excluding carboxylic acids is 2. The van der Waals surface area contributed by atoms with Crippen LogP contribution in [-0.4, -0.2) is 28.3 Å². The maximum absolute atomic E-state index is 12.6. The van der Waals surface area contributed by atoms with Crippen molar-refractivity contribution in [3.8, 4) is 5.69 Å². The summed E-state index contributed by atoms with van der Waals surface area (Å²) in [5, 5.41) is 7.30. The largest absolute Gasteiger partial charge is 0.451 e. The van der Waals surface area contributed by atoms with Crippen molar-refractivity contribution in [2.45, 2.75) is 33.1 Å². The molecule has 6 nitrogen and oxygen atoms in total. The standard InChI is InChI=1S/C23H23N3O3/c1-15-8-6-12-19(16(15)2)24-21(27)14-29-23(28)22-18-11-7-13-20(18)26(25-22)17-9-4-3-5-10-17/h3-6,8-10,12H,7,11,13-14H2,1-2H3,(H,24,27). The van der Waals surface area contributed by atoms with Crippen LogP contribution >= 0.6 is 0 Å². The minimum absolute atomic E-state index is 0.306. The van der Waals surface area contributed by atoms with Crippen molar-refractivity contribution in [2.75, 3.05) is 11.9 Å². The average molecular weight is 389 g/mol. The summed E-state index contributed by atoms with van der Waals surface area (Å²) >= 11 is 0. The van der Waals surface area contributed by atoms with Gasteiger partial charge in [-0.3, -0.25) is 4.79 Å². The normalized spacial score (nSPS) is 12.5. The first-order chi connectivity index (χ1) is 14.0. The molecule has 148 valence electrons. The third kappa shape index (κ3) is 3.78. The molecule has 2 aromatic carbocycles. The smallest absolute Gasteiger partial charge is 0.359 e. The highest BCUT2D eigenvalue weighted by Crippen LogP contribution is 2.28. The molecule has 1 aliphatic rings. The SMILES string of the molecule is Cc1cccc(NC(=O)COC(=O)c2nn(-c3ccccc3)c3c2CCC3)c1C. The number of hydrogen-bond acceptors (Lipinski definition) is 4. The van der Waals surface area contributed by atoms with Gasteiger partial charge in [-0.15, -0.1) is 0 Å². The minimum Gasteiger partial charge on any atom is -0.451 e. The molecule has 0 atom stereocenters. The predicted molar refractivity (Wildman–Crippen MR) is 110 cm³/mol. The predicted octanol–water partition coefficient (Wildman–Crippen LogP) is 3.77. The van der Waals surface area contributed by atoms with Gasteiger partial charge in [0, 0.05) is 16.9 Å². The second-order valence-electron chi connectivity index (χ2n) is 7.25. The van der Waals surface area contributed by atoms with Crippen LogP contribution in [0.15, 0.2) is 48.5 Å². The number of hydrogen-bond donors (Lipinski definition) is 1. The Morgan fingerprint density at radius 1 is 1.07 bits per heavy atom. The van der Waals surface area contributed by atoms with Crippen LogP contribution in [0.25, 0.3) is 5.69 Å². The number of benzene rings is 2. The Morgan fingerprint density at radius 3 is 2.66 bits per heavy atom. The summed E-state index contributed by atoms with van der Waals surface area (Å²) in [6, 6.07) is 15.4. The highest BCUT2D eigenvalue weighted by atomic mass is 16.5. The van der Waals surface area contributed by atoms with Gasteiger partial charge in [-0.2, -0.15) is 5.10 Å². The number of fused-ring (bicyclic) bond motifs is 1. The highest BCUT2D eigenvalue weighted by molar-refractivity contribution is 5.96. The van der Waals surface area contributed by atoms with Crippen LogP contribution in [0, 0.1) is 13.8 Å². The summed E-state index contributed by atoms with van der Waals surface area (Å²) in [7, 11) is 0. The topological polar surface area (TPSA) is 73.2 Å². The van der Waals surface area contributed by atoms with Crippen LogP contribution in [0.2, 0.25) is 0 Å². The number of amides is 1. The molecule has 0 unspecified atom stereocenters. The fourth-order valence-corrected chi connectivity index (χ4v) is 3.66. The number of rotatable bonds is 5. The number of aryl methyl sites for hydroxylation is 1. The van der Waals surface area contributed by atoms with Gasteiger partial charge in [-0.05, 0) is 62.4 Å². The summed E-state index contributed by atoms with van der Waals surface area (Å²) in [4.78, 5) is 24.9. The van der Waals surface area contributed by atoms with Crippen LogP contribution in [0.1, 0.15) is 39.3 Å². The maximum atomic E-state index is 12.6. The molecule has 1 aromatic heterocycles. The molecular formula is C23H23N3O3. The first-order valence-electron chi connectivity index (χ1n) is 9.74. The van der Waals surface area contributed by atoms with Crippen LogP contribution in [0.3, 0.4) is 0 Å². The number of ether oxygens (including phenoxy) is 1. The van der Waals surface area contributed by atoms with Crippen molar-refractivity contribution in [1.29, 1.82) is 0 Å². The molecule has 0 spiro atoms. The molecule has 29 heavy (non-hydrogen) atoms. The number of esters is 1. The van der Waals surface area contributed by atoms with E-state index in [1.54, 1.807) is 0 Å². The first-order valence-corrected chi connectivity index (χ1v) is 9.74. The van der Waals surface area contributed by atoms with Gasteiger partial charge in [-0.1, -0.05) is 30.3 Å². The third-order valence-electron chi connectivity index (χ3n) is 5.34. The van der Waals surface area contributed by atoms with E-state index in [-0.39, 0.29) is 12.5 Å². The van der Waals surface area contributed by atoms with E-state index in [0.717, 1.165) is 53.0 Å². The van der Waals surface area contributed by atoms with Gasteiger partial charge < -0.3 is 10.1 Å². The maximum Gasteiger partial charge on any atom is 0.359 e. The van der Waals surface area contributed by atoms with E-state index < -0.39 is 5.97 Å². The van der Waals surface area contributed by atoms with Gasteiger partial charge in [0.2, 0.25) is 0 Å². The zero-order chi connectivity index (χ0) is 20.4. The van der Waals surface area contributed by atoms with Crippen molar-refractivity contribution in [3.05, 3.63) is 76.6 Å². The van der Waals surface area contributed by atoms with Crippen LogP contribution in [0.5, 0.6) is 0 Å². The highest BCUT2D eigenvalue weighted by Gasteiger charge is 2.28. The molecule has 1 aliphatic carbocycles. The van der Waals surface area contributed by atoms with Crippen LogP contribution in [0.4, 0.5) is 5.69 Å². The molecule has 0 bridgehead atoms. The zero-order valence-corrected chi connectivity index (χ0v) is 16.6. The molecule has 0 fully saturated rings. The van der Waals surface area contributed by atoms with Crippen molar-refractivity contribution < 1.29 is 14.3 Å². The molecule has 0 radical (unpaired) electrons. The number of para-hydroxylation sites is 1. The fourth-order valence-electron chi connectivity index (χ4n) is 3.66. The van der Waals surface area contributed by atoms with E-state index in [0.29, 0.717) is 5.69 Å². The molecule has 0 saturated heterocycles. The fraction of sp³-hybridized carbons (Fsp3) is 0.261. The van der Waals surface area contributed by atoms with Crippen molar-refractivity contribution in [3.63, 3.8) is 0 Å². The van der Waals surface area contributed by atoms with E-state index in [2.05, 4.69) is 10.4 Å². The Hall–Kier alpha value is -3.41. The number of nitrogens with one attached hydrogen (secondary N) is 1. The van der Waals surface area contributed by atoms with Crippen molar-refractivity contribution in [2.24, 2.45) is 0 Å². The lowest BCUT2D eigenvalue weighted by Crippen LogP contribution is -2.22. The monoisotopic (exact) mass is 389 g/mol. The Morgan fingerprint density at radius 2 is 1.86 bits per heavy atom. The van der Waals surface area contributed by atoms with Crippen LogP contribution in [-0.2, 0) is 22.4 Å². The second kappa shape index (κ2) is 7.91. The van der Waals surface area contributed by atoms with Gasteiger partial charge in [-0.25, -0.2) is 9.48 Å². The molecule has 1 N–H and O–H groups in total. The molecule has 0 saturated carbocycles. The Labute approximate surface area is 169 Å². The zero-order valence-electron chi connectivity index (χ0n) is 16.6. The van der Waals surface area contributed by atoms with E-state index in [4.69, 9.17) is 4.74 Å². The summed E-state index contributed by atoms with van der Waals surface area (Å²) in [6.45, 7) is 3.57. The van der Waals surface area contributed by atoms with E-state index in [1.807, 2.05) is 67.1 Å². The molecule has 0 aliphatic heterocycles. The van der Waals surface area contributed by atoms with Gasteiger partial charge in [0.25, 0.3) is 5.91 Å². The Bertz CT molecular complexity index is 1070. The average Bonchev–Trinajstić information content (AvgIpc) is 3.33. The summed E-state index contributed by atoms with van der Waals surface area (Å²) in [6.07, 6.45) is 2.65. The van der Waals surface area contributed by atoms with Crippen LogP contribution < -0.4 is 5.32 Å². The van der Waals surface area contributed by atoms with E-state index in [1.165, 1.54) is 0 Å². The number of anilines is 1. The molecule has 1 heterocycles. The molecule has 1 amide bonds. The van der Waals surface area contributed by atoms with Gasteiger partial charge in [0.15, 0.2) is 12.3 Å². The number of carbonyl (C=O) groups is 2. The number of aromatic nitrogens is 2. The Kier molecular flexibility index (Phi) is 5.16. The molecule has 6 heteroatoms. The second-order valence-corrected chi connectivity index (χ2v) is 7.25. The number of nitrogens with zero attached hydrogens (tertiary/aromatic N) is 2.